The third-order valence-corrected chi connectivity index (χ3v) is 4.36. The second kappa shape index (κ2) is 20.8. The summed E-state index contributed by atoms with van der Waals surface area (Å²) in [6, 6.07) is 0. The number of hydrogen-bond acceptors (Lipinski definition) is 5. The molecule has 144 valence electrons. The maximum absolute atomic E-state index is 10.3. The van der Waals surface area contributed by atoms with Gasteiger partial charge in [-0.15, -0.1) is 0 Å². The van der Waals surface area contributed by atoms with E-state index in [1.54, 1.807) is 6.08 Å². The Morgan fingerprint density at radius 2 is 1.40 bits per heavy atom. The minimum absolute atomic E-state index is 0.200. The molecule has 0 aromatic carbocycles. The zero-order valence-corrected chi connectivity index (χ0v) is 16.0. The molecule has 0 aromatic rings. The molecular formula is C20H36N2O3. The highest BCUT2D eigenvalue weighted by atomic mass is 16.5. The fourth-order valence-corrected chi connectivity index (χ4v) is 2.84. The van der Waals surface area contributed by atoms with Gasteiger partial charge in [0.1, 0.15) is 0 Å². The molecule has 0 aliphatic heterocycles. The van der Waals surface area contributed by atoms with Crippen molar-refractivity contribution in [2.24, 2.45) is 15.9 Å². The molecule has 25 heavy (non-hydrogen) atoms. The second-order valence-electron chi connectivity index (χ2n) is 6.67. The highest BCUT2D eigenvalue weighted by Crippen LogP contribution is 2.11. The third kappa shape index (κ3) is 18.9. The quantitative estimate of drug-likeness (QED) is 0.187. The van der Waals surface area contributed by atoms with Crippen LogP contribution in [-0.4, -0.2) is 38.5 Å². The van der Waals surface area contributed by atoms with Crippen molar-refractivity contribution in [3.05, 3.63) is 0 Å². The standard InChI is InChI=1S/C20H36N2O3/c1-2-3-4-5-6-7-8-9-10-11-15-25-17-20(16-22-19-24)13-12-14-21-18-23/h20H,2-17H2,1H3. The molecule has 5 nitrogen and oxygen atoms in total. The molecule has 0 amide bonds. The summed E-state index contributed by atoms with van der Waals surface area (Å²) in [7, 11) is 0. The van der Waals surface area contributed by atoms with Crippen LogP contribution in [0.3, 0.4) is 0 Å². The molecule has 0 rings (SSSR count). The zero-order chi connectivity index (χ0) is 18.4. The van der Waals surface area contributed by atoms with Crippen molar-refractivity contribution >= 4 is 12.2 Å². The van der Waals surface area contributed by atoms with E-state index < -0.39 is 0 Å². The predicted octanol–water partition coefficient (Wildman–Crippen LogP) is 4.99. The SMILES string of the molecule is CCCCCCCCCCCCOCC(CCCN=C=O)CN=C=O. The number of ether oxygens (including phenoxy) is 1. The van der Waals surface area contributed by atoms with Crippen LogP contribution in [0.25, 0.3) is 0 Å². The molecule has 0 saturated carbocycles. The topological polar surface area (TPSA) is 68.1 Å². The normalized spacial score (nSPS) is 11.6. The van der Waals surface area contributed by atoms with E-state index >= 15 is 0 Å². The average Bonchev–Trinajstić information content (AvgIpc) is 2.63. The first-order chi connectivity index (χ1) is 12.3. The van der Waals surface area contributed by atoms with E-state index in [-0.39, 0.29) is 5.92 Å². The number of rotatable bonds is 19. The molecule has 0 fully saturated rings. The minimum Gasteiger partial charge on any atom is -0.381 e. The highest BCUT2D eigenvalue weighted by molar-refractivity contribution is 5.33. The Kier molecular flexibility index (Phi) is 19.7. The van der Waals surface area contributed by atoms with Crippen LogP contribution in [-0.2, 0) is 14.3 Å². The Morgan fingerprint density at radius 3 is 2.00 bits per heavy atom. The molecule has 1 atom stereocenters. The van der Waals surface area contributed by atoms with Gasteiger partial charge in [0, 0.05) is 12.5 Å². The van der Waals surface area contributed by atoms with Crippen molar-refractivity contribution in [1.82, 2.24) is 0 Å². The largest absolute Gasteiger partial charge is 0.381 e. The summed E-state index contributed by atoms with van der Waals surface area (Å²) < 4.78 is 5.72. The lowest BCUT2D eigenvalue weighted by Gasteiger charge is -2.13. The molecule has 0 aromatic heterocycles. The van der Waals surface area contributed by atoms with Crippen molar-refractivity contribution < 1.29 is 14.3 Å². The van der Waals surface area contributed by atoms with Crippen molar-refractivity contribution in [3.63, 3.8) is 0 Å². The number of unbranched alkanes of at least 4 members (excludes halogenated alkanes) is 9. The fraction of sp³-hybridized carbons (Fsp3) is 0.900. The van der Waals surface area contributed by atoms with Gasteiger partial charge >= 0.3 is 0 Å². The molecular weight excluding hydrogens is 316 g/mol. The van der Waals surface area contributed by atoms with Gasteiger partial charge in [-0.3, -0.25) is 0 Å². The predicted molar refractivity (Wildman–Crippen MR) is 101 cm³/mol. The first-order valence-electron chi connectivity index (χ1n) is 10.00. The lowest BCUT2D eigenvalue weighted by molar-refractivity contribution is 0.0951. The fourth-order valence-electron chi connectivity index (χ4n) is 2.84. The van der Waals surface area contributed by atoms with Crippen LogP contribution in [0.15, 0.2) is 9.98 Å². The molecule has 0 aliphatic carbocycles. The summed E-state index contributed by atoms with van der Waals surface area (Å²) in [6.45, 7) is 4.54. The average molecular weight is 353 g/mol. The molecule has 1 unspecified atom stereocenters. The molecule has 0 aliphatic rings. The first kappa shape index (κ1) is 23.7. The smallest absolute Gasteiger partial charge is 0.234 e. The Bertz CT molecular complexity index is 375. The monoisotopic (exact) mass is 352 g/mol. The van der Waals surface area contributed by atoms with E-state index in [0.29, 0.717) is 19.7 Å². The van der Waals surface area contributed by atoms with Gasteiger partial charge in [0.15, 0.2) is 0 Å². The summed E-state index contributed by atoms with van der Waals surface area (Å²) in [5.74, 6) is 0.200. The maximum atomic E-state index is 10.3. The van der Waals surface area contributed by atoms with Gasteiger partial charge in [0.25, 0.3) is 0 Å². The lowest BCUT2D eigenvalue weighted by Crippen LogP contribution is -2.14. The maximum Gasteiger partial charge on any atom is 0.234 e. The summed E-state index contributed by atoms with van der Waals surface area (Å²) in [4.78, 5) is 27.5. The molecule has 0 N–H and O–H groups in total. The van der Waals surface area contributed by atoms with Gasteiger partial charge in [-0.1, -0.05) is 64.7 Å². The van der Waals surface area contributed by atoms with E-state index in [0.717, 1.165) is 25.9 Å². The molecule has 0 spiro atoms. The van der Waals surface area contributed by atoms with Crippen molar-refractivity contribution in [1.29, 1.82) is 0 Å². The van der Waals surface area contributed by atoms with Gasteiger partial charge in [0.05, 0.1) is 19.7 Å². The van der Waals surface area contributed by atoms with Crippen LogP contribution < -0.4 is 0 Å². The molecule has 0 radical (unpaired) electrons. The third-order valence-electron chi connectivity index (χ3n) is 4.36. The van der Waals surface area contributed by atoms with Crippen LogP contribution >= 0.6 is 0 Å². The van der Waals surface area contributed by atoms with E-state index in [1.165, 1.54) is 63.9 Å². The van der Waals surface area contributed by atoms with Crippen LogP contribution in [0.5, 0.6) is 0 Å². The van der Waals surface area contributed by atoms with E-state index in [4.69, 9.17) is 4.74 Å². The molecule has 5 heteroatoms. The summed E-state index contributed by atoms with van der Waals surface area (Å²) >= 11 is 0. The molecule has 0 saturated heterocycles. The van der Waals surface area contributed by atoms with Crippen LogP contribution in [0.1, 0.15) is 84.0 Å². The lowest BCUT2D eigenvalue weighted by atomic mass is 10.0. The highest BCUT2D eigenvalue weighted by Gasteiger charge is 2.08. The second-order valence-corrected chi connectivity index (χ2v) is 6.67. The van der Waals surface area contributed by atoms with Gasteiger partial charge in [0.2, 0.25) is 12.2 Å². The Balaban J connectivity index is 3.50. The van der Waals surface area contributed by atoms with Gasteiger partial charge in [-0.2, -0.15) is 0 Å². The van der Waals surface area contributed by atoms with E-state index in [1.807, 2.05) is 0 Å². The number of isocyanates is 2. The van der Waals surface area contributed by atoms with Gasteiger partial charge in [-0.25, -0.2) is 19.6 Å². The Hall–Kier alpha value is -1.28. The first-order valence-corrected chi connectivity index (χ1v) is 10.00. The number of aliphatic imine (C=N–C) groups is 2. The zero-order valence-electron chi connectivity index (χ0n) is 16.0. The molecule has 0 bridgehead atoms. The van der Waals surface area contributed by atoms with Crippen LogP contribution in [0.4, 0.5) is 0 Å². The molecule has 0 heterocycles. The van der Waals surface area contributed by atoms with E-state index in [9.17, 15) is 9.59 Å². The van der Waals surface area contributed by atoms with Crippen molar-refractivity contribution in [3.8, 4) is 0 Å². The van der Waals surface area contributed by atoms with E-state index in [2.05, 4.69) is 16.9 Å². The summed E-state index contributed by atoms with van der Waals surface area (Å²) in [5.41, 5.74) is 0. The van der Waals surface area contributed by atoms with Crippen molar-refractivity contribution in [2.45, 2.75) is 84.0 Å². The number of hydrogen-bond donors (Lipinski definition) is 0. The number of nitrogens with zero attached hydrogens (tertiary/aromatic N) is 2. The number of carbonyl (C=O) groups excluding carboxylic acids is 2. The van der Waals surface area contributed by atoms with Crippen LogP contribution in [0, 0.1) is 5.92 Å². The Morgan fingerprint density at radius 1 is 0.800 bits per heavy atom. The summed E-state index contributed by atoms with van der Waals surface area (Å²) in [6.07, 6.45) is 17.9. The Labute approximate surface area is 153 Å². The van der Waals surface area contributed by atoms with Gasteiger partial charge < -0.3 is 4.74 Å². The van der Waals surface area contributed by atoms with Crippen LogP contribution in [0.2, 0.25) is 0 Å². The van der Waals surface area contributed by atoms with Crippen molar-refractivity contribution in [2.75, 3.05) is 26.3 Å². The summed E-state index contributed by atoms with van der Waals surface area (Å²) in [5, 5.41) is 0. The van der Waals surface area contributed by atoms with Gasteiger partial charge in [-0.05, 0) is 19.3 Å². The minimum atomic E-state index is 0.200.